The second kappa shape index (κ2) is 6.62. The van der Waals surface area contributed by atoms with Crippen LogP contribution in [-0.2, 0) is 6.54 Å². The van der Waals surface area contributed by atoms with Crippen LogP contribution >= 0.6 is 0 Å². The van der Waals surface area contributed by atoms with Crippen molar-refractivity contribution in [3.8, 4) is 17.6 Å². The zero-order valence-electron chi connectivity index (χ0n) is 10.8. The lowest BCUT2D eigenvalue weighted by Gasteiger charge is -2.09. The third-order valence-electron chi connectivity index (χ3n) is 2.70. The van der Waals surface area contributed by atoms with Crippen molar-refractivity contribution in [1.82, 2.24) is 9.55 Å². The molecule has 2 aromatic rings. The zero-order chi connectivity index (χ0) is 13.5. The molecule has 0 aliphatic rings. The van der Waals surface area contributed by atoms with Crippen molar-refractivity contribution in [3.63, 3.8) is 0 Å². The predicted molar refractivity (Wildman–Crippen MR) is 72.9 cm³/mol. The first kappa shape index (κ1) is 13.2. The molecule has 19 heavy (non-hydrogen) atoms. The van der Waals surface area contributed by atoms with Crippen LogP contribution in [0, 0.1) is 18.8 Å². The van der Waals surface area contributed by atoms with Gasteiger partial charge in [0.1, 0.15) is 24.8 Å². The fourth-order valence-electron chi connectivity index (χ4n) is 1.72. The number of aryl methyl sites for hydroxylation is 1. The Kier molecular flexibility index (Phi) is 4.60. The summed E-state index contributed by atoms with van der Waals surface area (Å²) in [7, 11) is 0. The molecule has 0 saturated heterocycles. The van der Waals surface area contributed by atoms with Gasteiger partial charge in [0, 0.05) is 12.4 Å². The SMILES string of the molecule is Cc1nccn1CCOc1ccccc1C#CCO. The summed E-state index contributed by atoms with van der Waals surface area (Å²) in [4.78, 5) is 4.16. The second-order valence-electron chi connectivity index (χ2n) is 3.97. The van der Waals surface area contributed by atoms with Gasteiger partial charge < -0.3 is 14.4 Å². The minimum atomic E-state index is -0.150. The van der Waals surface area contributed by atoms with Crippen LogP contribution in [-0.4, -0.2) is 27.9 Å². The summed E-state index contributed by atoms with van der Waals surface area (Å²) in [5.41, 5.74) is 0.791. The van der Waals surface area contributed by atoms with E-state index in [9.17, 15) is 0 Å². The highest BCUT2D eigenvalue weighted by Crippen LogP contribution is 2.16. The van der Waals surface area contributed by atoms with E-state index in [0.717, 1.165) is 23.7 Å². The number of ether oxygens (including phenoxy) is 1. The molecule has 0 aliphatic heterocycles. The van der Waals surface area contributed by atoms with Crippen molar-refractivity contribution < 1.29 is 9.84 Å². The number of hydrogen-bond donors (Lipinski definition) is 1. The van der Waals surface area contributed by atoms with E-state index in [1.54, 1.807) is 6.20 Å². The van der Waals surface area contributed by atoms with Crippen molar-refractivity contribution >= 4 is 0 Å². The van der Waals surface area contributed by atoms with Crippen LogP contribution in [0.3, 0.4) is 0 Å². The molecule has 1 N–H and O–H groups in total. The minimum Gasteiger partial charge on any atom is -0.490 e. The van der Waals surface area contributed by atoms with E-state index in [4.69, 9.17) is 9.84 Å². The highest BCUT2D eigenvalue weighted by Gasteiger charge is 2.01. The number of aromatic nitrogens is 2. The molecule has 0 aliphatic carbocycles. The Morgan fingerprint density at radius 3 is 2.95 bits per heavy atom. The van der Waals surface area contributed by atoms with E-state index >= 15 is 0 Å². The molecular formula is C15H16N2O2. The maximum atomic E-state index is 8.73. The van der Waals surface area contributed by atoms with E-state index in [0.29, 0.717) is 6.61 Å². The van der Waals surface area contributed by atoms with Crippen LogP contribution < -0.4 is 4.74 Å². The lowest BCUT2D eigenvalue weighted by Crippen LogP contribution is -2.09. The molecule has 0 saturated carbocycles. The number of rotatable bonds is 4. The molecule has 0 radical (unpaired) electrons. The highest BCUT2D eigenvalue weighted by molar-refractivity contribution is 5.45. The Morgan fingerprint density at radius 2 is 2.21 bits per heavy atom. The molecule has 1 heterocycles. The number of benzene rings is 1. The van der Waals surface area contributed by atoms with Gasteiger partial charge in [-0.05, 0) is 19.1 Å². The van der Waals surface area contributed by atoms with Gasteiger partial charge in [0.2, 0.25) is 0 Å². The van der Waals surface area contributed by atoms with Crippen molar-refractivity contribution in [3.05, 3.63) is 48.0 Å². The maximum Gasteiger partial charge on any atom is 0.135 e. The van der Waals surface area contributed by atoms with E-state index in [-0.39, 0.29) is 6.61 Å². The summed E-state index contributed by atoms with van der Waals surface area (Å²) in [6, 6.07) is 7.55. The van der Waals surface area contributed by atoms with Crippen LogP contribution in [0.5, 0.6) is 5.75 Å². The van der Waals surface area contributed by atoms with Gasteiger partial charge in [-0.3, -0.25) is 0 Å². The number of imidazole rings is 1. The molecule has 0 fully saturated rings. The average Bonchev–Trinajstić information content (AvgIpc) is 2.83. The number of aliphatic hydroxyl groups is 1. The van der Waals surface area contributed by atoms with Gasteiger partial charge in [0.25, 0.3) is 0 Å². The third kappa shape index (κ3) is 3.60. The zero-order valence-corrected chi connectivity index (χ0v) is 10.8. The lowest BCUT2D eigenvalue weighted by atomic mass is 10.2. The fraction of sp³-hybridized carbons (Fsp3) is 0.267. The van der Waals surface area contributed by atoms with Crippen molar-refractivity contribution in [2.75, 3.05) is 13.2 Å². The van der Waals surface area contributed by atoms with Gasteiger partial charge in [-0.15, -0.1) is 0 Å². The number of aliphatic hydroxyl groups excluding tert-OH is 1. The molecule has 1 aromatic carbocycles. The van der Waals surface area contributed by atoms with Gasteiger partial charge in [0.15, 0.2) is 0 Å². The first-order valence-corrected chi connectivity index (χ1v) is 6.10. The number of hydrogen-bond acceptors (Lipinski definition) is 3. The second-order valence-corrected chi connectivity index (χ2v) is 3.97. The molecule has 98 valence electrons. The molecule has 2 rings (SSSR count). The summed E-state index contributed by atoms with van der Waals surface area (Å²) in [6.07, 6.45) is 3.70. The highest BCUT2D eigenvalue weighted by atomic mass is 16.5. The van der Waals surface area contributed by atoms with Crippen molar-refractivity contribution in [2.45, 2.75) is 13.5 Å². The van der Waals surface area contributed by atoms with Gasteiger partial charge in [-0.1, -0.05) is 24.0 Å². The third-order valence-corrected chi connectivity index (χ3v) is 2.70. The summed E-state index contributed by atoms with van der Waals surface area (Å²) in [6.45, 7) is 3.10. The predicted octanol–water partition coefficient (Wildman–Crippen LogP) is 1.61. The summed E-state index contributed by atoms with van der Waals surface area (Å²) in [5.74, 6) is 7.21. The van der Waals surface area contributed by atoms with Crippen LogP contribution in [0.2, 0.25) is 0 Å². The van der Waals surface area contributed by atoms with Gasteiger partial charge >= 0.3 is 0 Å². The number of nitrogens with zero attached hydrogens (tertiary/aromatic N) is 2. The van der Waals surface area contributed by atoms with Crippen LogP contribution in [0.4, 0.5) is 0 Å². The average molecular weight is 256 g/mol. The van der Waals surface area contributed by atoms with E-state index < -0.39 is 0 Å². The van der Waals surface area contributed by atoms with Gasteiger partial charge in [-0.25, -0.2) is 4.98 Å². The Morgan fingerprint density at radius 1 is 1.37 bits per heavy atom. The molecule has 0 atom stereocenters. The summed E-state index contributed by atoms with van der Waals surface area (Å²) < 4.78 is 7.76. The molecule has 1 aromatic heterocycles. The largest absolute Gasteiger partial charge is 0.490 e. The Bertz CT molecular complexity index is 593. The molecule has 4 nitrogen and oxygen atoms in total. The van der Waals surface area contributed by atoms with Gasteiger partial charge in [-0.2, -0.15) is 0 Å². The Hall–Kier alpha value is -2.25. The first-order chi connectivity index (χ1) is 9.31. The number of para-hydroxylation sites is 1. The smallest absolute Gasteiger partial charge is 0.135 e. The lowest BCUT2D eigenvalue weighted by molar-refractivity contribution is 0.296. The summed E-state index contributed by atoms with van der Waals surface area (Å²) >= 11 is 0. The first-order valence-electron chi connectivity index (χ1n) is 6.10. The fourth-order valence-corrected chi connectivity index (χ4v) is 1.72. The molecular weight excluding hydrogens is 240 g/mol. The normalized spacial score (nSPS) is 9.79. The maximum absolute atomic E-state index is 8.73. The Balaban J connectivity index is 1.98. The van der Waals surface area contributed by atoms with Gasteiger partial charge in [0.05, 0.1) is 12.1 Å². The van der Waals surface area contributed by atoms with Crippen LogP contribution in [0.15, 0.2) is 36.7 Å². The van der Waals surface area contributed by atoms with Crippen LogP contribution in [0.25, 0.3) is 0 Å². The van der Waals surface area contributed by atoms with E-state index in [1.807, 2.05) is 42.0 Å². The molecule has 0 bridgehead atoms. The standard InChI is InChI=1S/C15H16N2O2/c1-13-16-8-9-17(13)10-12-19-15-7-3-2-5-14(15)6-4-11-18/h2-3,5,7-9,18H,10-12H2,1H3. The van der Waals surface area contributed by atoms with Crippen molar-refractivity contribution in [2.24, 2.45) is 0 Å². The molecule has 0 amide bonds. The van der Waals surface area contributed by atoms with E-state index in [1.165, 1.54) is 0 Å². The molecule has 0 spiro atoms. The summed E-state index contributed by atoms with van der Waals surface area (Å²) in [5, 5.41) is 8.73. The van der Waals surface area contributed by atoms with Crippen LogP contribution in [0.1, 0.15) is 11.4 Å². The molecule has 0 unspecified atom stereocenters. The monoisotopic (exact) mass is 256 g/mol. The van der Waals surface area contributed by atoms with Crippen molar-refractivity contribution in [1.29, 1.82) is 0 Å². The quantitative estimate of drug-likeness (QED) is 0.845. The topological polar surface area (TPSA) is 47.3 Å². The van der Waals surface area contributed by atoms with E-state index in [2.05, 4.69) is 16.8 Å². The Labute approximate surface area is 112 Å². The molecule has 4 heteroatoms. The minimum absolute atomic E-state index is 0.150.